The van der Waals surface area contributed by atoms with Crippen molar-refractivity contribution in [3.05, 3.63) is 41.6 Å². The van der Waals surface area contributed by atoms with Gasteiger partial charge >= 0.3 is 0 Å². The Morgan fingerprint density at radius 1 is 1.44 bits per heavy atom. The van der Waals surface area contributed by atoms with Crippen molar-refractivity contribution < 1.29 is 0 Å². The maximum absolute atomic E-state index is 4.40. The second-order valence-electron chi connectivity index (χ2n) is 4.33. The Kier molecular flexibility index (Phi) is 2.91. The molecule has 2 aromatic rings. The average molecular weight is 260 g/mol. The number of hydrogen-bond acceptors (Lipinski definition) is 4. The second-order valence-corrected chi connectivity index (χ2v) is 5.36. The molecule has 94 valence electrons. The molecule has 0 unspecified atom stereocenters. The molecular formula is C13H16N4S. The van der Waals surface area contributed by atoms with Crippen LogP contribution in [0.5, 0.6) is 0 Å². The van der Waals surface area contributed by atoms with Crippen LogP contribution >= 0.6 is 11.9 Å². The fraction of sp³-hybridized carbons (Fsp3) is 0.308. The van der Waals surface area contributed by atoms with Crippen molar-refractivity contribution >= 4 is 23.5 Å². The molecule has 0 saturated carbocycles. The molecule has 1 atom stereocenters. The third-order valence-electron chi connectivity index (χ3n) is 2.97. The first-order valence-corrected chi connectivity index (χ1v) is 6.94. The molecule has 1 aromatic carbocycles. The van der Waals surface area contributed by atoms with E-state index in [-0.39, 0.29) is 5.50 Å². The summed E-state index contributed by atoms with van der Waals surface area (Å²) in [5.74, 6) is 1.06. The van der Waals surface area contributed by atoms with Gasteiger partial charge in [0.25, 0.3) is 0 Å². The van der Waals surface area contributed by atoms with Crippen LogP contribution in [0.2, 0.25) is 0 Å². The molecule has 1 aromatic heterocycles. The third kappa shape index (κ3) is 2.06. The topological polar surface area (TPSA) is 41.9 Å². The Balaban J connectivity index is 1.74. The van der Waals surface area contributed by atoms with Crippen LogP contribution in [0.4, 0.5) is 11.5 Å². The van der Waals surface area contributed by atoms with E-state index >= 15 is 0 Å². The molecule has 3 rings (SSSR count). The summed E-state index contributed by atoms with van der Waals surface area (Å²) >= 11 is 1.65. The minimum absolute atomic E-state index is 0.140. The van der Waals surface area contributed by atoms with Crippen LogP contribution in [0.25, 0.3) is 0 Å². The predicted octanol–water partition coefficient (Wildman–Crippen LogP) is 3.07. The van der Waals surface area contributed by atoms with Crippen molar-refractivity contribution in [3.8, 4) is 0 Å². The van der Waals surface area contributed by atoms with Gasteiger partial charge in [-0.3, -0.25) is 0 Å². The highest BCUT2D eigenvalue weighted by molar-refractivity contribution is 7.98. The van der Waals surface area contributed by atoms with E-state index in [9.17, 15) is 0 Å². The van der Waals surface area contributed by atoms with E-state index in [1.54, 1.807) is 11.9 Å². The van der Waals surface area contributed by atoms with E-state index in [2.05, 4.69) is 53.0 Å². The molecule has 0 aliphatic carbocycles. The number of anilines is 2. The smallest absolute Gasteiger partial charge is 0.168 e. The van der Waals surface area contributed by atoms with Gasteiger partial charge in [0.15, 0.2) is 5.50 Å². The van der Waals surface area contributed by atoms with Crippen LogP contribution in [0, 0.1) is 6.92 Å². The van der Waals surface area contributed by atoms with E-state index in [0.717, 1.165) is 17.9 Å². The highest BCUT2D eigenvalue weighted by Gasteiger charge is 2.23. The van der Waals surface area contributed by atoms with Crippen molar-refractivity contribution in [2.75, 3.05) is 10.6 Å². The average Bonchev–Trinajstić information content (AvgIpc) is 2.86. The summed E-state index contributed by atoms with van der Waals surface area (Å²) in [5, 5.41) is 11.3. The maximum atomic E-state index is 4.40. The molecule has 0 saturated heterocycles. The van der Waals surface area contributed by atoms with Crippen molar-refractivity contribution in [1.82, 2.24) is 9.19 Å². The van der Waals surface area contributed by atoms with Crippen LogP contribution in [0.1, 0.15) is 18.2 Å². The third-order valence-corrected chi connectivity index (χ3v) is 3.89. The fourth-order valence-electron chi connectivity index (χ4n) is 2.09. The lowest BCUT2D eigenvalue weighted by Gasteiger charge is -2.15. The largest absolute Gasteiger partial charge is 0.355 e. The minimum atomic E-state index is 0.140. The number of aryl methyl sites for hydroxylation is 2. The Labute approximate surface area is 111 Å². The van der Waals surface area contributed by atoms with E-state index in [1.165, 1.54) is 11.3 Å². The summed E-state index contributed by atoms with van der Waals surface area (Å²) in [4.78, 5) is 0. The fourth-order valence-corrected chi connectivity index (χ4v) is 3.04. The molecule has 2 N–H and O–H groups in total. The Morgan fingerprint density at radius 3 is 3.06 bits per heavy atom. The van der Waals surface area contributed by atoms with Crippen LogP contribution in [-0.4, -0.2) is 14.7 Å². The molecule has 1 aliphatic rings. The lowest BCUT2D eigenvalue weighted by atomic mass is 10.1. The number of para-hydroxylation sites is 1. The molecule has 1 aliphatic heterocycles. The van der Waals surface area contributed by atoms with E-state index in [0.29, 0.717) is 0 Å². The number of benzene rings is 1. The molecule has 0 radical (unpaired) electrons. The summed E-state index contributed by atoms with van der Waals surface area (Å²) < 4.78 is 1.93. The van der Waals surface area contributed by atoms with E-state index in [4.69, 9.17) is 0 Å². The molecule has 0 bridgehead atoms. The number of fused-ring (bicyclic) bond motifs is 1. The first-order chi connectivity index (χ1) is 8.76. The summed E-state index contributed by atoms with van der Waals surface area (Å²) in [6, 6.07) is 10.5. The molecule has 4 nitrogen and oxygen atoms in total. The SMILES string of the molecule is CCc1ccccc1N[C@@H]1Nc2cc(C)nn2S1. The molecule has 5 heteroatoms. The Bertz CT molecular complexity index is 540. The minimum Gasteiger partial charge on any atom is -0.355 e. The molecule has 0 amide bonds. The molecule has 0 spiro atoms. The van der Waals surface area contributed by atoms with Crippen LogP contribution in [-0.2, 0) is 6.42 Å². The van der Waals surface area contributed by atoms with Crippen molar-refractivity contribution in [2.24, 2.45) is 0 Å². The van der Waals surface area contributed by atoms with E-state index < -0.39 is 0 Å². The van der Waals surface area contributed by atoms with Crippen LogP contribution in [0.3, 0.4) is 0 Å². The van der Waals surface area contributed by atoms with Gasteiger partial charge in [0.1, 0.15) is 5.82 Å². The predicted molar refractivity (Wildman–Crippen MR) is 76.8 cm³/mol. The lowest BCUT2D eigenvalue weighted by molar-refractivity contribution is 0.996. The molecule has 2 heterocycles. The summed E-state index contributed by atoms with van der Waals surface area (Å²) in [6.07, 6.45) is 1.03. The zero-order valence-corrected chi connectivity index (χ0v) is 11.3. The van der Waals surface area contributed by atoms with Gasteiger partial charge in [0.2, 0.25) is 0 Å². The number of rotatable bonds is 3. The molecule has 18 heavy (non-hydrogen) atoms. The quantitative estimate of drug-likeness (QED) is 0.890. The molecule has 0 fully saturated rings. The van der Waals surface area contributed by atoms with Gasteiger partial charge < -0.3 is 10.6 Å². The van der Waals surface area contributed by atoms with Gasteiger partial charge in [-0.1, -0.05) is 25.1 Å². The number of aromatic nitrogens is 2. The monoisotopic (exact) mass is 260 g/mol. The first kappa shape index (κ1) is 11.5. The van der Waals surface area contributed by atoms with Crippen LogP contribution in [0.15, 0.2) is 30.3 Å². The Morgan fingerprint density at radius 2 is 2.28 bits per heavy atom. The molecular weight excluding hydrogens is 244 g/mol. The zero-order chi connectivity index (χ0) is 12.5. The maximum Gasteiger partial charge on any atom is 0.168 e. The van der Waals surface area contributed by atoms with Gasteiger partial charge in [0, 0.05) is 23.7 Å². The number of nitrogens with one attached hydrogen (secondary N) is 2. The van der Waals surface area contributed by atoms with Crippen molar-refractivity contribution in [1.29, 1.82) is 0 Å². The first-order valence-electron chi connectivity index (χ1n) is 6.11. The van der Waals surface area contributed by atoms with Crippen molar-refractivity contribution in [3.63, 3.8) is 0 Å². The van der Waals surface area contributed by atoms with E-state index in [1.807, 2.05) is 11.0 Å². The number of nitrogens with zero attached hydrogens (tertiary/aromatic N) is 2. The highest BCUT2D eigenvalue weighted by atomic mass is 32.2. The zero-order valence-electron chi connectivity index (χ0n) is 10.5. The highest BCUT2D eigenvalue weighted by Crippen LogP contribution is 2.31. The number of hydrogen-bond donors (Lipinski definition) is 2. The standard InChI is InChI=1S/C13H16N4S/c1-3-10-6-4-5-7-11(10)14-13-15-12-8-9(2)16-17(12)18-13/h4-8,13-15H,3H2,1-2H3/t13-/m1/s1. The Hall–Kier alpha value is -1.62. The summed E-state index contributed by atoms with van der Waals surface area (Å²) in [5.41, 5.74) is 3.70. The van der Waals surface area contributed by atoms with Crippen molar-refractivity contribution in [2.45, 2.75) is 25.8 Å². The van der Waals surface area contributed by atoms with Gasteiger partial charge in [0.05, 0.1) is 5.69 Å². The van der Waals surface area contributed by atoms with Gasteiger partial charge in [-0.25, -0.2) is 0 Å². The lowest BCUT2D eigenvalue weighted by Crippen LogP contribution is -2.21. The normalized spacial score (nSPS) is 17.3. The summed E-state index contributed by atoms with van der Waals surface area (Å²) in [6.45, 7) is 4.17. The second kappa shape index (κ2) is 4.57. The van der Waals surface area contributed by atoms with Gasteiger partial charge in [-0.2, -0.15) is 9.19 Å². The van der Waals surface area contributed by atoms with Crippen LogP contribution < -0.4 is 10.6 Å². The van der Waals surface area contributed by atoms with Gasteiger partial charge in [-0.05, 0) is 25.0 Å². The summed E-state index contributed by atoms with van der Waals surface area (Å²) in [7, 11) is 0. The van der Waals surface area contributed by atoms with Gasteiger partial charge in [-0.15, -0.1) is 0 Å².